The van der Waals surface area contributed by atoms with Crippen molar-refractivity contribution in [1.82, 2.24) is 20.6 Å². The highest BCUT2D eigenvalue weighted by Crippen LogP contribution is 2.17. The molecule has 0 aliphatic carbocycles. The topological polar surface area (TPSA) is 195 Å². The minimum atomic E-state index is -0.684. The van der Waals surface area contributed by atoms with Gasteiger partial charge in [-0.2, -0.15) is 0 Å². The highest BCUT2D eigenvalue weighted by Gasteiger charge is 2.16. The molecule has 1 heterocycles. The van der Waals surface area contributed by atoms with E-state index in [2.05, 4.69) is 25.6 Å². The molecule has 31 heavy (non-hydrogen) atoms. The van der Waals surface area contributed by atoms with Crippen LogP contribution in [-0.2, 0) is 6.42 Å². The van der Waals surface area contributed by atoms with Gasteiger partial charge in [-0.1, -0.05) is 23.7 Å². The molecule has 1 aromatic carbocycles. The highest BCUT2D eigenvalue weighted by atomic mass is 35.5. The lowest BCUT2D eigenvalue weighted by atomic mass is 10.1. The summed E-state index contributed by atoms with van der Waals surface area (Å²) < 4.78 is 0. The number of amides is 2. The van der Waals surface area contributed by atoms with Crippen LogP contribution in [0.5, 0.6) is 0 Å². The van der Waals surface area contributed by atoms with E-state index in [0.29, 0.717) is 12.1 Å². The average Bonchev–Trinajstić information content (AvgIpc) is 2.74. The molecule has 0 aliphatic heterocycles. The fraction of sp³-hybridized carbons (Fsp3) is 0.316. The second-order valence-electron chi connectivity index (χ2n) is 6.49. The Morgan fingerprint density at radius 3 is 2.45 bits per heavy atom. The number of guanidine groups is 1. The lowest BCUT2D eigenvalue weighted by Gasteiger charge is -2.07. The SMILES string of the molecule is NC(=NCCCCc1ccc(C(=O)NCCO)cc1)NC(=O)c1nc(Cl)c(N)nc1N. The molecule has 2 aromatic rings. The molecule has 166 valence electrons. The number of aliphatic imine (C=N–C) groups is 1. The van der Waals surface area contributed by atoms with Gasteiger partial charge in [0.15, 0.2) is 28.4 Å². The number of aliphatic hydroxyl groups is 1. The van der Waals surface area contributed by atoms with Crippen molar-refractivity contribution in [2.45, 2.75) is 19.3 Å². The van der Waals surface area contributed by atoms with E-state index >= 15 is 0 Å². The van der Waals surface area contributed by atoms with Crippen LogP contribution in [0.15, 0.2) is 29.3 Å². The molecule has 11 nitrogen and oxygen atoms in total. The van der Waals surface area contributed by atoms with Crippen molar-refractivity contribution in [1.29, 1.82) is 0 Å². The third-order valence-electron chi connectivity index (χ3n) is 4.13. The summed E-state index contributed by atoms with van der Waals surface area (Å²) in [6.45, 7) is 0.537. The number of unbranched alkanes of at least 4 members (excludes halogenated alkanes) is 1. The summed E-state index contributed by atoms with van der Waals surface area (Å²) in [5.41, 5.74) is 18.2. The van der Waals surface area contributed by atoms with Gasteiger partial charge in [0, 0.05) is 18.7 Å². The molecule has 0 aliphatic rings. The van der Waals surface area contributed by atoms with Crippen LogP contribution in [0.4, 0.5) is 11.6 Å². The summed E-state index contributed by atoms with van der Waals surface area (Å²) in [5.74, 6) is -1.21. The van der Waals surface area contributed by atoms with Gasteiger partial charge in [-0.3, -0.25) is 19.9 Å². The number of anilines is 2. The molecular weight excluding hydrogens is 424 g/mol. The quantitative estimate of drug-likeness (QED) is 0.176. The molecule has 0 fully saturated rings. The predicted octanol–water partition coefficient (Wildman–Crippen LogP) is 0.0839. The summed E-state index contributed by atoms with van der Waals surface area (Å²) in [4.78, 5) is 35.6. The normalized spacial score (nSPS) is 11.2. The van der Waals surface area contributed by atoms with Gasteiger partial charge in [0.05, 0.1) is 6.61 Å². The van der Waals surface area contributed by atoms with Gasteiger partial charge < -0.3 is 27.6 Å². The van der Waals surface area contributed by atoms with E-state index in [1.54, 1.807) is 12.1 Å². The number of halogens is 1. The predicted molar refractivity (Wildman–Crippen MR) is 119 cm³/mol. The molecule has 0 atom stereocenters. The van der Waals surface area contributed by atoms with Crippen molar-refractivity contribution in [3.05, 3.63) is 46.2 Å². The van der Waals surface area contributed by atoms with E-state index < -0.39 is 5.91 Å². The van der Waals surface area contributed by atoms with Crippen LogP contribution in [0.25, 0.3) is 0 Å². The minimum Gasteiger partial charge on any atom is -0.395 e. The molecule has 2 rings (SSSR count). The summed E-state index contributed by atoms with van der Waals surface area (Å²) in [7, 11) is 0. The van der Waals surface area contributed by atoms with Crippen molar-refractivity contribution < 1.29 is 14.7 Å². The van der Waals surface area contributed by atoms with Crippen molar-refractivity contribution in [2.75, 3.05) is 31.2 Å². The number of nitrogens with zero attached hydrogens (tertiary/aromatic N) is 3. The number of hydrogen-bond donors (Lipinski definition) is 6. The van der Waals surface area contributed by atoms with Crippen LogP contribution in [0.3, 0.4) is 0 Å². The number of nitrogen functional groups attached to an aromatic ring is 2. The fourth-order valence-electron chi connectivity index (χ4n) is 2.56. The molecule has 2 amide bonds. The first-order chi connectivity index (χ1) is 14.8. The number of carbonyl (C=O) groups is 2. The van der Waals surface area contributed by atoms with E-state index in [9.17, 15) is 9.59 Å². The minimum absolute atomic E-state index is 0.0719. The molecule has 9 N–H and O–H groups in total. The fourth-order valence-corrected chi connectivity index (χ4v) is 2.69. The van der Waals surface area contributed by atoms with Gasteiger partial charge in [-0.25, -0.2) is 9.97 Å². The van der Waals surface area contributed by atoms with Crippen molar-refractivity contribution in [3.8, 4) is 0 Å². The number of hydrogen-bond acceptors (Lipinski definition) is 8. The zero-order valence-electron chi connectivity index (χ0n) is 16.8. The van der Waals surface area contributed by atoms with Gasteiger partial charge in [-0.15, -0.1) is 0 Å². The first-order valence-electron chi connectivity index (χ1n) is 9.49. The molecular formula is C19H25ClN8O3. The van der Waals surface area contributed by atoms with E-state index in [-0.39, 0.29) is 47.5 Å². The van der Waals surface area contributed by atoms with Gasteiger partial charge in [0.2, 0.25) is 0 Å². The van der Waals surface area contributed by atoms with Crippen molar-refractivity contribution >= 4 is 41.0 Å². The number of nitrogens with one attached hydrogen (secondary N) is 2. The number of benzene rings is 1. The molecule has 0 saturated heterocycles. The third kappa shape index (κ3) is 7.39. The summed E-state index contributed by atoms with van der Waals surface area (Å²) >= 11 is 5.75. The molecule has 0 radical (unpaired) electrons. The Bertz CT molecular complexity index is 950. The Morgan fingerprint density at radius 1 is 1.06 bits per heavy atom. The lowest BCUT2D eigenvalue weighted by molar-refractivity contribution is 0.0942. The van der Waals surface area contributed by atoms with E-state index in [1.807, 2.05) is 12.1 Å². The van der Waals surface area contributed by atoms with Gasteiger partial charge in [0.1, 0.15) is 0 Å². The Morgan fingerprint density at radius 2 is 1.77 bits per heavy atom. The standard InChI is InChI=1S/C19H25ClN8O3/c20-14-16(22)27-15(21)13(26-14)18(31)28-19(23)25-8-2-1-3-11-4-6-12(7-5-11)17(30)24-9-10-29/h4-7,29H,1-3,8-10H2,(H,24,30)(H4,21,22,27)(H3,23,25,28,31). The first-order valence-corrected chi connectivity index (χ1v) is 9.87. The number of aryl methyl sites for hydroxylation is 1. The monoisotopic (exact) mass is 448 g/mol. The Kier molecular flexibility index (Phi) is 8.97. The van der Waals surface area contributed by atoms with Crippen LogP contribution in [0.1, 0.15) is 39.3 Å². The van der Waals surface area contributed by atoms with Crippen LogP contribution in [0, 0.1) is 0 Å². The van der Waals surface area contributed by atoms with Crippen molar-refractivity contribution in [3.63, 3.8) is 0 Å². The maximum atomic E-state index is 12.2. The van der Waals surface area contributed by atoms with E-state index in [1.165, 1.54) is 0 Å². The van der Waals surface area contributed by atoms with Gasteiger partial charge in [0.25, 0.3) is 11.8 Å². The Balaban J connectivity index is 1.75. The number of nitrogens with two attached hydrogens (primary N) is 3. The molecule has 0 unspecified atom stereocenters. The second-order valence-corrected chi connectivity index (χ2v) is 6.85. The molecule has 0 saturated carbocycles. The maximum absolute atomic E-state index is 12.2. The number of rotatable bonds is 9. The maximum Gasteiger partial charge on any atom is 0.280 e. The summed E-state index contributed by atoms with van der Waals surface area (Å²) in [6, 6.07) is 7.25. The molecule has 0 spiro atoms. The number of carbonyl (C=O) groups excluding carboxylic acids is 2. The van der Waals surface area contributed by atoms with Crippen molar-refractivity contribution in [2.24, 2.45) is 10.7 Å². The van der Waals surface area contributed by atoms with Crippen LogP contribution >= 0.6 is 11.6 Å². The zero-order chi connectivity index (χ0) is 22.8. The largest absolute Gasteiger partial charge is 0.395 e. The summed E-state index contributed by atoms with van der Waals surface area (Å²) in [6.07, 6.45) is 2.38. The zero-order valence-corrected chi connectivity index (χ0v) is 17.5. The smallest absolute Gasteiger partial charge is 0.280 e. The van der Waals surface area contributed by atoms with E-state index in [4.69, 9.17) is 33.9 Å². The first kappa shape index (κ1) is 23.8. The Hall–Kier alpha value is -3.44. The average molecular weight is 449 g/mol. The van der Waals surface area contributed by atoms with Crippen LogP contribution in [0.2, 0.25) is 5.15 Å². The molecule has 0 bridgehead atoms. The Labute approximate surface area is 184 Å². The molecule has 1 aromatic heterocycles. The van der Waals surface area contributed by atoms with E-state index in [0.717, 1.165) is 24.8 Å². The highest BCUT2D eigenvalue weighted by molar-refractivity contribution is 6.31. The molecule has 12 heteroatoms. The third-order valence-corrected chi connectivity index (χ3v) is 4.41. The van der Waals surface area contributed by atoms with Gasteiger partial charge >= 0.3 is 0 Å². The number of aliphatic hydroxyl groups excluding tert-OH is 1. The van der Waals surface area contributed by atoms with Gasteiger partial charge in [-0.05, 0) is 37.0 Å². The number of aromatic nitrogens is 2. The second kappa shape index (κ2) is 11.7. The summed E-state index contributed by atoms with van der Waals surface area (Å²) in [5, 5.41) is 13.6. The van der Waals surface area contributed by atoms with Crippen LogP contribution < -0.4 is 27.8 Å². The lowest BCUT2D eigenvalue weighted by Crippen LogP contribution is -2.38. The van der Waals surface area contributed by atoms with Crippen LogP contribution in [-0.4, -0.2) is 52.5 Å².